The molecule has 0 unspecified atom stereocenters. The van der Waals surface area contributed by atoms with Gasteiger partial charge in [-0.2, -0.15) is 0 Å². The van der Waals surface area contributed by atoms with Gasteiger partial charge in [-0.1, -0.05) is 10.6 Å². The Labute approximate surface area is 156 Å². The fourth-order valence-electron chi connectivity index (χ4n) is 4.49. The van der Waals surface area contributed by atoms with Crippen molar-refractivity contribution in [3.8, 4) is 0 Å². The van der Waals surface area contributed by atoms with Crippen molar-refractivity contribution in [2.24, 2.45) is 0 Å². The van der Waals surface area contributed by atoms with E-state index in [2.05, 4.69) is 24.4 Å². The van der Waals surface area contributed by atoms with E-state index in [1.807, 2.05) is 29.3 Å². The van der Waals surface area contributed by atoms with E-state index in [4.69, 9.17) is 0 Å². The van der Waals surface area contributed by atoms with Crippen molar-refractivity contribution in [1.82, 2.24) is 24.4 Å². The summed E-state index contributed by atoms with van der Waals surface area (Å²) in [6.07, 6.45) is 5.06. The lowest BCUT2D eigenvalue weighted by atomic mass is 10.1. The number of nitrogens with zero attached hydrogens (tertiary/aromatic N) is 6. The van der Waals surface area contributed by atoms with Crippen LogP contribution in [0.3, 0.4) is 0 Å². The van der Waals surface area contributed by atoms with Gasteiger partial charge in [0.1, 0.15) is 5.82 Å². The minimum atomic E-state index is 0.253. The summed E-state index contributed by atoms with van der Waals surface area (Å²) >= 11 is 1.51. The van der Waals surface area contributed by atoms with Crippen LogP contribution in [-0.4, -0.2) is 69.0 Å². The smallest absolute Gasteiger partial charge is 0.236 e. The molecule has 2 aromatic heterocycles. The molecule has 2 atom stereocenters. The number of hydrogen-bond donors (Lipinski definition) is 0. The minimum absolute atomic E-state index is 0.253. The van der Waals surface area contributed by atoms with Crippen molar-refractivity contribution in [2.45, 2.75) is 31.3 Å². The number of rotatable bonds is 3. The normalized spacial score (nSPS) is 25.4. The van der Waals surface area contributed by atoms with Crippen molar-refractivity contribution in [3.05, 3.63) is 35.0 Å². The number of anilines is 1. The van der Waals surface area contributed by atoms with Crippen LogP contribution in [0.15, 0.2) is 24.4 Å². The van der Waals surface area contributed by atoms with E-state index < -0.39 is 0 Å². The summed E-state index contributed by atoms with van der Waals surface area (Å²) in [6.45, 7) is 3.76. The van der Waals surface area contributed by atoms with Crippen molar-refractivity contribution in [1.29, 1.82) is 0 Å². The highest BCUT2D eigenvalue weighted by molar-refractivity contribution is 7.05. The molecular weight excluding hydrogens is 348 g/mol. The largest absolute Gasteiger partial charge is 0.353 e. The number of hydrogen-bond acceptors (Lipinski definition) is 7. The van der Waals surface area contributed by atoms with Crippen molar-refractivity contribution >= 4 is 23.3 Å². The van der Waals surface area contributed by atoms with Crippen LogP contribution < -0.4 is 4.90 Å². The Hall–Kier alpha value is -2.06. The molecule has 5 heterocycles. The van der Waals surface area contributed by atoms with Crippen LogP contribution in [0, 0.1) is 0 Å². The molecule has 136 valence electrons. The number of aromatic nitrogens is 3. The summed E-state index contributed by atoms with van der Waals surface area (Å²) < 4.78 is 4.12. The Balaban J connectivity index is 1.21. The number of piperazine rings is 1. The molecule has 5 rings (SSSR count). The maximum absolute atomic E-state index is 12.9. The number of fused-ring (bicyclic) bond motifs is 4. The van der Waals surface area contributed by atoms with E-state index in [0.717, 1.165) is 57.0 Å². The Morgan fingerprint density at radius 2 is 2.08 bits per heavy atom. The van der Waals surface area contributed by atoms with Crippen LogP contribution in [0.1, 0.15) is 29.5 Å². The van der Waals surface area contributed by atoms with Gasteiger partial charge < -0.3 is 9.80 Å². The molecule has 0 radical (unpaired) electrons. The monoisotopic (exact) mass is 370 g/mol. The molecule has 0 saturated carbocycles. The first-order valence-corrected chi connectivity index (χ1v) is 10.1. The van der Waals surface area contributed by atoms with E-state index >= 15 is 0 Å². The summed E-state index contributed by atoms with van der Waals surface area (Å²) in [4.78, 5) is 25.3. The molecule has 2 bridgehead atoms. The fraction of sp³-hybridized carbons (Fsp3) is 0.556. The van der Waals surface area contributed by atoms with Crippen LogP contribution in [0.4, 0.5) is 5.82 Å². The first-order valence-electron chi connectivity index (χ1n) is 9.30. The lowest BCUT2D eigenvalue weighted by Crippen LogP contribution is -2.52. The summed E-state index contributed by atoms with van der Waals surface area (Å²) in [5.74, 6) is 1.25. The maximum Gasteiger partial charge on any atom is 0.236 e. The SMILES string of the molecule is O=C(CN1[C@H]2CC[C@@H]1c1snnc1C2)N1CCN(c2ccccn2)CC1. The molecule has 0 N–H and O–H groups in total. The third kappa shape index (κ3) is 2.77. The average Bonchev–Trinajstić information content (AvgIpc) is 3.27. The van der Waals surface area contributed by atoms with Crippen LogP contribution in [0.25, 0.3) is 0 Å². The molecule has 7 nitrogen and oxygen atoms in total. The van der Waals surface area contributed by atoms with Crippen LogP contribution in [0.5, 0.6) is 0 Å². The quantitative estimate of drug-likeness (QED) is 0.812. The summed E-state index contributed by atoms with van der Waals surface area (Å²) in [5.41, 5.74) is 1.16. The van der Waals surface area contributed by atoms with Gasteiger partial charge >= 0.3 is 0 Å². The molecule has 0 aliphatic carbocycles. The van der Waals surface area contributed by atoms with Crippen LogP contribution in [-0.2, 0) is 11.2 Å². The Kier molecular flexibility index (Phi) is 4.09. The predicted molar refractivity (Wildman–Crippen MR) is 99.1 cm³/mol. The summed E-state index contributed by atoms with van der Waals surface area (Å²) in [5, 5.41) is 4.27. The molecule has 2 saturated heterocycles. The first-order chi connectivity index (χ1) is 12.8. The second-order valence-corrected chi connectivity index (χ2v) is 8.05. The zero-order valence-corrected chi connectivity index (χ0v) is 15.4. The van der Waals surface area contributed by atoms with Crippen molar-refractivity contribution in [2.75, 3.05) is 37.6 Å². The highest BCUT2D eigenvalue weighted by atomic mass is 32.1. The molecule has 3 aliphatic rings. The molecule has 3 aliphatic heterocycles. The lowest BCUT2D eigenvalue weighted by molar-refractivity contribution is -0.133. The van der Waals surface area contributed by atoms with Gasteiger partial charge in [0.15, 0.2) is 0 Å². The van der Waals surface area contributed by atoms with Crippen molar-refractivity contribution < 1.29 is 4.79 Å². The third-order valence-electron chi connectivity index (χ3n) is 5.88. The lowest BCUT2D eigenvalue weighted by Gasteiger charge is -2.38. The summed E-state index contributed by atoms with van der Waals surface area (Å²) in [6, 6.07) is 6.77. The number of carbonyl (C=O) groups is 1. The van der Waals surface area contributed by atoms with E-state index in [1.54, 1.807) is 0 Å². The number of amides is 1. The Morgan fingerprint density at radius 3 is 2.88 bits per heavy atom. The van der Waals surface area contributed by atoms with Gasteiger partial charge in [0, 0.05) is 50.9 Å². The number of pyridine rings is 1. The van der Waals surface area contributed by atoms with Gasteiger partial charge in [-0.3, -0.25) is 9.69 Å². The van der Waals surface area contributed by atoms with E-state index in [-0.39, 0.29) is 5.91 Å². The van der Waals surface area contributed by atoms with Gasteiger partial charge in [0.2, 0.25) is 5.91 Å². The number of carbonyl (C=O) groups excluding carboxylic acids is 1. The molecule has 26 heavy (non-hydrogen) atoms. The molecule has 1 amide bonds. The highest BCUT2D eigenvalue weighted by Gasteiger charge is 2.43. The van der Waals surface area contributed by atoms with Crippen LogP contribution in [0.2, 0.25) is 0 Å². The van der Waals surface area contributed by atoms with E-state index in [0.29, 0.717) is 18.6 Å². The van der Waals surface area contributed by atoms with Crippen molar-refractivity contribution in [3.63, 3.8) is 0 Å². The van der Waals surface area contributed by atoms with Gasteiger partial charge in [-0.05, 0) is 36.5 Å². The van der Waals surface area contributed by atoms with Crippen LogP contribution >= 0.6 is 11.5 Å². The van der Waals surface area contributed by atoms with Gasteiger partial charge in [0.25, 0.3) is 0 Å². The van der Waals surface area contributed by atoms with E-state index in [9.17, 15) is 4.79 Å². The molecule has 0 aromatic carbocycles. The molecule has 2 aromatic rings. The minimum Gasteiger partial charge on any atom is -0.353 e. The fourth-order valence-corrected chi connectivity index (χ4v) is 5.32. The van der Waals surface area contributed by atoms with Gasteiger partial charge in [0.05, 0.1) is 17.1 Å². The topological polar surface area (TPSA) is 65.5 Å². The standard InChI is InChI=1S/C18H22N6OS/c25-17(23-9-7-22(8-10-23)16-3-1-2-6-19-16)12-24-13-4-5-15(24)18-14(11-13)20-21-26-18/h1-3,6,13,15H,4-5,7-12H2/t13-,15+/m0/s1. The molecule has 8 heteroatoms. The Morgan fingerprint density at radius 1 is 1.19 bits per heavy atom. The molecule has 2 fully saturated rings. The van der Waals surface area contributed by atoms with E-state index in [1.165, 1.54) is 16.4 Å². The van der Waals surface area contributed by atoms with Gasteiger partial charge in [-0.15, -0.1) is 5.10 Å². The molecular formula is C18H22N6OS. The highest BCUT2D eigenvalue weighted by Crippen LogP contribution is 2.44. The summed E-state index contributed by atoms with van der Waals surface area (Å²) in [7, 11) is 0. The first kappa shape index (κ1) is 16.1. The molecule has 0 spiro atoms. The second-order valence-electron chi connectivity index (χ2n) is 7.26. The van der Waals surface area contributed by atoms with Gasteiger partial charge in [-0.25, -0.2) is 4.98 Å². The maximum atomic E-state index is 12.9. The zero-order valence-electron chi connectivity index (χ0n) is 14.6. The second kappa shape index (κ2) is 6.59. The zero-order chi connectivity index (χ0) is 17.5. The third-order valence-corrected chi connectivity index (χ3v) is 6.75. The predicted octanol–water partition coefficient (Wildman–Crippen LogP) is 1.34. The Bertz CT molecular complexity index is 788. The average molecular weight is 370 g/mol.